The average Bonchev–Trinajstić information content (AvgIpc) is 2.33. The zero-order valence-corrected chi connectivity index (χ0v) is 12.7. The minimum atomic E-state index is -3.93. The van der Waals surface area contributed by atoms with Gasteiger partial charge in [-0.2, -0.15) is 0 Å². The maximum absolute atomic E-state index is 13.9. The molecule has 0 fully saturated rings. The topological polar surface area (TPSA) is 63.4 Å². The third-order valence-corrected chi connectivity index (χ3v) is 5.07. The molecule has 0 heterocycles. The molecule has 1 atom stereocenters. The number of nitrogens with two attached hydrogens (primary N) is 1. The van der Waals surface area contributed by atoms with Crippen molar-refractivity contribution in [2.75, 3.05) is 19.3 Å². The maximum atomic E-state index is 13.9. The number of benzene rings is 1. The highest BCUT2D eigenvalue weighted by molar-refractivity contribution is 7.89. The number of rotatable bonds is 5. The number of hydrogen-bond acceptors (Lipinski definition) is 3. The molecule has 0 aliphatic rings. The lowest BCUT2D eigenvalue weighted by atomic mass is 10.1. The molecule has 0 radical (unpaired) electrons. The van der Waals surface area contributed by atoms with Crippen LogP contribution >= 0.6 is 11.6 Å². The van der Waals surface area contributed by atoms with Crippen LogP contribution in [-0.2, 0) is 10.0 Å². The summed E-state index contributed by atoms with van der Waals surface area (Å²) in [5.74, 6) is -0.786. The summed E-state index contributed by atoms with van der Waals surface area (Å²) in [5.41, 5.74) is 5.63. The van der Waals surface area contributed by atoms with Gasteiger partial charge in [0.05, 0.1) is 5.02 Å². The van der Waals surface area contributed by atoms with Gasteiger partial charge in [0.2, 0.25) is 10.0 Å². The predicted molar refractivity (Wildman–Crippen MR) is 75.1 cm³/mol. The SMILES string of the molecule is CCC(C)CN(C)S(=O)(=O)c1cc(N)cc(Cl)c1F. The number of sulfonamides is 1. The van der Waals surface area contributed by atoms with Crippen molar-refractivity contribution in [2.45, 2.75) is 25.2 Å². The van der Waals surface area contributed by atoms with Crippen LogP contribution in [0.2, 0.25) is 5.02 Å². The Labute approximate surface area is 118 Å². The highest BCUT2D eigenvalue weighted by atomic mass is 35.5. The second kappa shape index (κ2) is 6.07. The normalized spacial score (nSPS) is 13.8. The Morgan fingerprint density at radius 1 is 1.47 bits per heavy atom. The molecule has 1 rings (SSSR count). The minimum Gasteiger partial charge on any atom is -0.399 e. The van der Waals surface area contributed by atoms with Gasteiger partial charge in [-0.05, 0) is 18.1 Å². The van der Waals surface area contributed by atoms with Crippen molar-refractivity contribution < 1.29 is 12.8 Å². The van der Waals surface area contributed by atoms with Crippen LogP contribution in [0.4, 0.5) is 10.1 Å². The largest absolute Gasteiger partial charge is 0.399 e. The Bertz CT molecular complexity index is 563. The van der Waals surface area contributed by atoms with Gasteiger partial charge in [0.15, 0.2) is 5.82 Å². The van der Waals surface area contributed by atoms with Crippen molar-refractivity contribution in [2.24, 2.45) is 5.92 Å². The number of hydrogen-bond donors (Lipinski definition) is 1. The molecule has 1 aromatic rings. The van der Waals surface area contributed by atoms with Crippen LogP contribution < -0.4 is 5.73 Å². The monoisotopic (exact) mass is 308 g/mol. The minimum absolute atomic E-state index is 0.113. The molecule has 0 amide bonds. The highest BCUT2D eigenvalue weighted by Gasteiger charge is 2.27. The van der Waals surface area contributed by atoms with Crippen LogP contribution in [0.25, 0.3) is 0 Å². The highest BCUT2D eigenvalue weighted by Crippen LogP contribution is 2.27. The summed E-state index contributed by atoms with van der Waals surface area (Å²) in [4.78, 5) is -0.483. The molecule has 1 aromatic carbocycles. The van der Waals surface area contributed by atoms with E-state index in [0.29, 0.717) is 6.54 Å². The Morgan fingerprint density at radius 2 is 2.05 bits per heavy atom. The van der Waals surface area contributed by atoms with E-state index in [9.17, 15) is 12.8 Å². The van der Waals surface area contributed by atoms with Gasteiger partial charge in [0.1, 0.15) is 4.90 Å². The van der Waals surface area contributed by atoms with Crippen LogP contribution in [0.1, 0.15) is 20.3 Å². The van der Waals surface area contributed by atoms with Crippen LogP contribution in [0.5, 0.6) is 0 Å². The van der Waals surface area contributed by atoms with Gasteiger partial charge >= 0.3 is 0 Å². The molecule has 108 valence electrons. The summed E-state index contributed by atoms with van der Waals surface area (Å²) in [6, 6.07) is 2.27. The molecule has 1 unspecified atom stereocenters. The van der Waals surface area contributed by atoms with Gasteiger partial charge in [-0.15, -0.1) is 0 Å². The molecule has 19 heavy (non-hydrogen) atoms. The van der Waals surface area contributed by atoms with Gasteiger partial charge in [-0.25, -0.2) is 17.1 Å². The van der Waals surface area contributed by atoms with E-state index in [-0.39, 0.29) is 16.6 Å². The number of nitrogens with zero attached hydrogens (tertiary/aromatic N) is 1. The van der Waals surface area contributed by atoms with Gasteiger partial charge in [-0.3, -0.25) is 0 Å². The summed E-state index contributed by atoms with van der Waals surface area (Å²) in [6.07, 6.45) is 0.833. The van der Waals surface area contributed by atoms with Crippen molar-refractivity contribution in [3.8, 4) is 0 Å². The zero-order chi connectivity index (χ0) is 14.8. The smallest absolute Gasteiger partial charge is 0.245 e. The summed E-state index contributed by atoms with van der Waals surface area (Å²) < 4.78 is 39.5. The van der Waals surface area contributed by atoms with E-state index in [1.54, 1.807) is 0 Å². The van der Waals surface area contributed by atoms with E-state index in [2.05, 4.69) is 0 Å². The molecule has 7 heteroatoms. The Hall–Kier alpha value is -0.850. The standard InChI is InChI=1S/C12H18ClFN2O2S/c1-4-8(2)7-16(3)19(17,18)11-6-9(15)5-10(13)12(11)14/h5-6,8H,4,7,15H2,1-3H3. The van der Waals surface area contributed by atoms with Gasteiger partial charge in [0, 0.05) is 19.3 Å². The third-order valence-electron chi connectivity index (χ3n) is 2.97. The number of halogens is 2. The first-order valence-corrected chi connectivity index (χ1v) is 7.72. The summed E-state index contributed by atoms with van der Waals surface area (Å²) in [6.45, 7) is 4.20. The first-order chi connectivity index (χ1) is 8.70. The molecule has 0 saturated carbocycles. The van der Waals surface area contributed by atoms with E-state index >= 15 is 0 Å². The van der Waals surface area contributed by atoms with Crippen molar-refractivity contribution in [1.82, 2.24) is 4.31 Å². The molecule has 0 aliphatic heterocycles. The Morgan fingerprint density at radius 3 is 2.58 bits per heavy atom. The van der Waals surface area contributed by atoms with Crippen LogP contribution in [0.15, 0.2) is 17.0 Å². The van der Waals surface area contributed by atoms with Crippen molar-refractivity contribution in [1.29, 1.82) is 0 Å². The lowest BCUT2D eigenvalue weighted by Crippen LogP contribution is -2.31. The van der Waals surface area contributed by atoms with E-state index < -0.39 is 20.7 Å². The molecular weight excluding hydrogens is 291 g/mol. The third kappa shape index (κ3) is 3.58. The molecule has 4 nitrogen and oxygen atoms in total. The first-order valence-electron chi connectivity index (χ1n) is 5.91. The molecular formula is C12H18ClFN2O2S. The van der Waals surface area contributed by atoms with Crippen LogP contribution in [0, 0.1) is 11.7 Å². The molecule has 0 aromatic heterocycles. The van der Waals surface area contributed by atoms with E-state index in [4.69, 9.17) is 17.3 Å². The zero-order valence-electron chi connectivity index (χ0n) is 11.2. The fourth-order valence-electron chi connectivity index (χ4n) is 1.61. The summed E-state index contributed by atoms with van der Waals surface area (Å²) >= 11 is 5.62. The van der Waals surface area contributed by atoms with Crippen molar-refractivity contribution in [3.63, 3.8) is 0 Å². The fourth-order valence-corrected chi connectivity index (χ4v) is 3.30. The summed E-state index contributed by atoms with van der Waals surface area (Å²) in [7, 11) is -2.51. The fraction of sp³-hybridized carbons (Fsp3) is 0.500. The quantitative estimate of drug-likeness (QED) is 0.851. The van der Waals surface area contributed by atoms with Gasteiger partial charge < -0.3 is 5.73 Å². The lowest BCUT2D eigenvalue weighted by molar-refractivity contribution is 0.391. The van der Waals surface area contributed by atoms with E-state index in [1.165, 1.54) is 13.1 Å². The molecule has 0 aliphatic carbocycles. The van der Waals surface area contributed by atoms with Crippen molar-refractivity contribution in [3.05, 3.63) is 23.0 Å². The maximum Gasteiger partial charge on any atom is 0.245 e. The van der Waals surface area contributed by atoms with Gasteiger partial charge in [0.25, 0.3) is 0 Å². The first kappa shape index (κ1) is 16.2. The Kier molecular flexibility index (Phi) is 5.18. The van der Waals surface area contributed by atoms with E-state index in [0.717, 1.165) is 16.8 Å². The Balaban J connectivity index is 3.20. The lowest BCUT2D eigenvalue weighted by Gasteiger charge is -2.21. The molecule has 0 bridgehead atoms. The molecule has 0 saturated heterocycles. The predicted octanol–water partition coefficient (Wildman–Crippen LogP) is 2.73. The number of nitrogen functional groups attached to an aromatic ring is 1. The molecule has 2 N–H and O–H groups in total. The van der Waals surface area contributed by atoms with Crippen LogP contribution in [-0.4, -0.2) is 26.3 Å². The van der Waals surface area contributed by atoms with Gasteiger partial charge in [-0.1, -0.05) is 31.9 Å². The second-order valence-corrected chi connectivity index (χ2v) is 7.03. The average molecular weight is 309 g/mol. The summed E-state index contributed by atoms with van der Waals surface area (Å²) in [5, 5.41) is -0.296. The van der Waals surface area contributed by atoms with Crippen LogP contribution in [0.3, 0.4) is 0 Å². The van der Waals surface area contributed by atoms with E-state index in [1.807, 2.05) is 13.8 Å². The van der Waals surface area contributed by atoms with Crippen molar-refractivity contribution >= 4 is 27.3 Å². The second-order valence-electron chi connectivity index (χ2n) is 4.61. The number of anilines is 1. The molecule has 0 spiro atoms.